The van der Waals surface area contributed by atoms with Crippen molar-refractivity contribution in [2.45, 2.75) is 25.3 Å². The van der Waals surface area contributed by atoms with E-state index in [2.05, 4.69) is 0 Å². The summed E-state index contributed by atoms with van der Waals surface area (Å²) >= 11 is 0. The summed E-state index contributed by atoms with van der Waals surface area (Å²) in [7, 11) is 0. The summed E-state index contributed by atoms with van der Waals surface area (Å²) < 4.78 is 0. The molecule has 0 spiro atoms. The second kappa shape index (κ2) is 5.56. The number of fused-ring (bicyclic) bond motifs is 1. The number of hydrogen-bond acceptors (Lipinski definition) is 2. The number of carbonyl (C=O) groups excluding carboxylic acids is 1. The van der Waals surface area contributed by atoms with Crippen molar-refractivity contribution in [1.29, 1.82) is 0 Å². The van der Waals surface area contributed by atoms with Crippen molar-refractivity contribution in [1.82, 2.24) is 4.90 Å². The van der Waals surface area contributed by atoms with E-state index in [0.29, 0.717) is 5.56 Å². The van der Waals surface area contributed by atoms with Crippen molar-refractivity contribution in [2.24, 2.45) is 0 Å². The lowest BCUT2D eigenvalue weighted by molar-refractivity contribution is -0.137. The first-order valence-corrected chi connectivity index (χ1v) is 7.17. The molecule has 0 unspecified atom stereocenters. The van der Waals surface area contributed by atoms with Gasteiger partial charge in [-0.15, -0.1) is 0 Å². The molecule has 108 valence electrons. The molecule has 0 bridgehead atoms. The van der Waals surface area contributed by atoms with Gasteiger partial charge >= 0.3 is 5.97 Å². The first-order chi connectivity index (χ1) is 10.2. The van der Waals surface area contributed by atoms with E-state index in [1.54, 1.807) is 4.90 Å². The predicted octanol–water partition coefficient (Wildman–Crippen LogP) is 2.92. The number of hydrogen-bond donors (Lipinski definition) is 1. The minimum absolute atomic E-state index is 0.00694. The monoisotopic (exact) mass is 283 g/mol. The second-order valence-electron chi connectivity index (χ2n) is 5.40. The molecular formula is C17H17NO3. The molecule has 0 saturated heterocycles. The third-order valence-corrected chi connectivity index (χ3v) is 3.84. The van der Waals surface area contributed by atoms with Gasteiger partial charge in [0.15, 0.2) is 0 Å². The largest absolute Gasteiger partial charge is 0.481 e. The Balaban J connectivity index is 1.92. The van der Waals surface area contributed by atoms with Crippen LogP contribution < -0.4 is 0 Å². The van der Waals surface area contributed by atoms with E-state index in [1.807, 2.05) is 42.5 Å². The van der Waals surface area contributed by atoms with Gasteiger partial charge in [-0.1, -0.05) is 36.4 Å². The van der Waals surface area contributed by atoms with Crippen molar-refractivity contribution >= 4 is 22.6 Å². The number of nitrogens with zero attached hydrogens (tertiary/aromatic N) is 1. The van der Waals surface area contributed by atoms with E-state index in [-0.39, 0.29) is 24.9 Å². The van der Waals surface area contributed by atoms with Crippen LogP contribution in [0.15, 0.2) is 42.5 Å². The maximum atomic E-state index is 12.8. The maximum Gasteiger partial charge on any atom is 0.305 e. The van der Waals surface area contributed by atoms with Crippen LogP contribution in [0.2, 0.25) is 0 Å². The second-order valence-corrected chi connectivity index (χ2v) is 5.40. The summed E-state index contributed by atoms with van der Waals surface area (Å²) in [5.41, 5.74) is 0.658. The molecule has 0 atom stereocenters. The van der Waals surface area contributed by atoms with Crippen LogP contribution in [0.5, 0.6) is 0 Å². The van der Waals surface area contributed by atoms with Crippen molar-refractivity contribution in [3.63, 3.8) is 0 Å². The highest BCUT2D eigenvalue weighted by atomic mass is 16.4. The van der Waals surface area contributed by atoms with Crippen LogP contribution in [0.25, 0.3) is 10.8 Å². The summed E-state index contributed by atoms with van der Waals surface area (Å²) in [6.45, 7) is 0.280. The number of carboxylic acid groups (broad SMARTS) is 1. The predicted molar refractivity (Wildman–Crippen MR) is 80.3 cm³/mol. The van der Waals surface area contributed by atoms with Gasteiger partial charge in [0.2, 0.25) is 0 Å². The molecule has 0 heterocycles. The average molecular weight is 283 g/mol. The number of rotatable bonds is 5. The Morgan fingerprint density at radius 2 is 1.81 bits per heavy atom. The third-order valence-electron chi connectivity index (χ3n) is 3.84. The smallest absolute Gasteiger partial charge is 0.305 e. The Bertz CT molecular complexity index is 686. The highest BCUT2D eigenvalue weighted by molar-refractivity contribution is 6.07. The quantitative estimate of drug-likeness (QED) is 0.918. The Kier molecular flexibility index (Phi) is 3.60. The van der Waals surface area contributed by atoms with E-state index < -0.39 is 5.97 Å². The summed E-state index contributed by atoms with van der Waals surface area (Å²) in [5, 5.41) is 10.8. The molecule has 1 saturated carbocycles. The molecule has 1 fully saturated rings. The van der Waals surface area contributed by atoms with Crippen molar-refractivity contribution < 1.29 is 14.7 Å². The molecule has 1 N–H and O–H groups in total. The van der Waals surface area contributed by atoms with Crippen LogP contribution in [-0.4, -0.2) is 34.5 Å². The zero-order valence-electron chi connectivity index (χ0n) is 11.7. The Morgan fingerprint density at radius 3 is 2.52 bits per heavy atom. The molecule has 4 heteroatoms. The number of amides is 1. The molecule has 0 aliphatic heterocycles. The number of carbonyl (C=O) groups is 2. The lowest BCUT2D eigenvalue weighted by atomic mass is 10.0. The van der Waals surface area contributed by atoms with Gasteiger partial charge in [0.25, 0.3) is 5.91 Å². The lowest BCUT2D eigenvalue weighted by Gasteiger charge is -2.22. The highest BCUT2D eigenvalue weighted by Crippen LogP contribution is 2.30. The normalized spacial score (nSPS) is 14.1. The summed E-state index contributed by atoms with van der Waals surface area (Å²) in [6, 6.07) is 13.6. The van der Waals surface area contributed by atoms with Crippen LogP contribution in [0.3, 0.4) is 0 Å². The minimum Gasteiger partial charge on any atom is -0.481 e. The number of carboxylic acids is 1. The van der Waals surface area contributed by atoms with Crippen LogP contribution in [0.1, 0.15) is 29.6 Å². The van der Waals surface area contributed by atoms with E-state index in [1.165, 1.54) is 0 Å². The third kappa shape index (κ3) is 2.89. The van der Waals surface area contributed by atoms with Crippen molar-refractivity contribution in [3.05, 3.63) is 48.0 Å². The van der Waals surface area contributed by atoms with E-state index in [9.17, 15) is 9.59 Å². The van der Waals surface area contributed by atoms with Crippen LogP contribution in [0.4, 0.5) is 0 Å². The molecular weight excluding hydrogens is 266 g/mol. The number of aliphatic carboxylic acids is 1. The maximum absolute atomic E-state index is 12.8. The van der Waals surface area contributed by atoms with Gasteiger partial charge in [-0.3, -0.25) is 9.59 Å². The van der Waals surface area contributed by atoms with E-state index in [4.69, 9.17) is 5.11 Å². The van der Waals surface area contributed by atoms with Gasteiger partial charge in [-0.2, -0.15) is 0 Å². The van der Waals surface area contributed by atoms with Gasteiger partial charge in [0.05, 0.1) is 6.42 Å². The van der Waals surface area contributed by atoms with Crippen LogP contribution in [0, 0.1) is 0 Å². The van der Waals surface area contributed by atoms with Gasteiger partial charge in [0.1, 0.15) is 0 Å². The van der Waals surface area contributed by atoms with Crippen molar-refractivity contribution in [3.8, 4) is 0 Å². The van der Waals surface area contributed by atoms with Gasteiger partial charge < -0.3 is 10.0 Å². The van der Waals surface area contributed by atoms with Crippen LogP contribution >= 0.6 is 0 Å². The molecule has 2 aromatic carbocycles. The molecule has 21 heavy (non-hydrogen) atoms. The first-order valence-electron chi connectivity index (χ1n) is 7.17. The van der Waals surface area contributed by atoms with Crippen molar-refractivity contribution in [2.75, 3.05) is 6.54 Å². The summed E-state index contributed by atoms with van der Waals surface area (Å²) in [6.07, 6.45) is 1.93. The number of benzene rings is 2. The van der Waals surface area contributed by atoms with E-state index in [0.717, 1.165) is 23.6 Å². The molecule has 1 amide bonds. The van der Waals surface area contributed by atoms with Crippen LogP contribution in [-0.2, 0) is 4.79 Å². The molecule has 1 aliphatic carbocycles. The van der Waals surface area contributed by atoms with E-state index >= 15 is 0 Å². The van der Waals surface area contributed by atoms with Gasteiger partial charge in [-0.05, 0) is 29.7 Å². The summed E-state index contributed by atoms with van der Waals surface area (Å²) in [4.78, 5) is 25.3. The lowest BCUT2D eigenvalue weighted by Crippen LogP contribution is -2.35. The fourth-order valence-electron chi connectivity index (χ4n) is 2.62. The molecule has 1 aliphatic rings. The molecule has 0 aromatic heterocycles. The standard InChI is InChI=1S/C17H17NO3/c19-16(20)10-11-18(13-8-9-13)17(21)15-7-3-5-12-4-1-2-6-14(12)15/h1-7,13H,8-11H2,(H,19,20). The Morgan fingerprint density at radius 1 is 1.10 bits per heavy atom. The first kappa shape index (κ1) is 13.6. The Labute approximate surface area is 123 Å². The van der Waals surface area contributed by atoms with Gasteiger partial charge in [0, 0.05) is 18.2 Å². The molecule has 2 aromatic rings. The molecule has 0 radical (unpaired) electrons. The fourth-order valence-corrected chi connectivity index (χ4v) is 2.62. The fraction of sp³-hybridized carbons (Fsp3) is 0.294. The Hall–Kier alpha value is -2.36. The molecule has 4 nitrogen and oxygen atoms in total. The summed E-state index contributed by atoms with van der Waals surface area (Å²) in [5.74, 6) is -0.929. The minimum atomic E-state index is -0.869. The average Bonchev–Trinajstić information content (AvgIpc) is 3.31. The van der Waals surface area contributed by atoms with Gasteiger partial charge in [-0.25, -0.2) is 0 Å². The zero-order chi connectivity index (χ0) is 14.8. The topological polar surface area (TPSA) is 57.6 Å². The molecule has 3 rings (SSSR count). The SMILES string of the molecule is O=C(O)CCN(C(=O)c1cccc2ccccc12)C1CC1. The highest BCUT2D eigenvalue weighted by Gasteiger charge is 2.33. The zero-order valence-corrected chi connectivity index (χ0v) is 11.7.